The Bertz CT molecular complexity index is 757. The molecule has 4 aliphatic carbocycles. The molecular formula is C19H23ClN2O4. The lowest BCUT2D eigenvalue weighted by Gasteiger charge is -2.58. The van der Waals surface area contributed by atoms with Gasteiger partial charge in [0.1, 0.15) is 5.69 Å². The topological polar surface area (TPSA) is 77.4 Å². The van der Waals surface area contributed by atoms with Crippen molar-refractivity contribution in [3.8, 4) is 0 Å². The van der Waals surface area contributed by atoms with Gasteiger partial charge < -0.3 is 9.30 Å². The van der Waals surface area contributed by atoms with Crippen LogP contribution in [0.1, 0.15) is 49.0 Å². The summed E-state index contributed by atoms with van der Waals surface area (Å²) in [7, 11) is 1.72. The Kier molecular flexibility index (Phi) is 4.14. The highest BCUT2D eigenvalue weighted by molar-refractivity contribution is 6.24. The minimum Gasteiger partial charge on any atom is -0.455 e. The zero-order valence-electron chi connectivity index (χ0n) is 14.8. The molecule has 0 radical (unpaired) electrons. The number of aryl methyl sites for hydroxylation is 1. The van der Waals surface area contributed by atoms with E-state index in [0.717, 1.165) is 32.1 Å². The highest BCUT2D eigenvalue weighted by atomic mass is 35.5. The molecule has 1 N–H and O–H groups in total. The Hall–Kier alpha value is -1.82. The first-order valence-corrected chi connectivity index (χ1v) is 9.48. The number of halogens is 1. The minimum atomic E-state index is -0.616. The maximum atomic E-state index is 12.8. The van der Waals surface area contributed by atoms with Gasteiger partial charge in [-0.25, -0.2) is 0 Å². The van der Waals surface area contributed by atoms with Crippen molar-refractivity contribution >= 4 is 29.4 Å². The molecule has 2 amide bonds. The lowest BCUT2D eigenvalue weighted by molar-refractivity contribution is -0.171. The second-order valence-corrected chi connectivity index (χ2v) is 9.15. The van der Waals surface area contributed by atoms with Crippen LogP contribution in [-0.2, 0) is 21.4 Å². The summed E-state index contributed by atoms with van der Waals surface area (Å²) >= 11 is 6.73. The summed E-state index contributed by atoms with van der Waals surface area (Å²) in [6.45, 7) is -0.443. The maximum absolute atomic E-state index is 12.8. The molecule has 4 aliphatic rings. The van der Waals surface area contributed by atoms with Crippen LogP contribution < -0.4 is 5.32 Å². The number of esters is 1. The molecule has 5 rings (SSSR count). The first-order chi connectivity index (χ1) is 12.3. The second kappa shape index (κ2) is 6.12. The van der Waals surface area contributed by atoms with Crippen LogP contribution in [0.2, 0.25) is 0 Å². The Balaban J connectivity index is 1.35. The summed E-state index contributed by atoms with van der Waals surface area (Å²) < 4.78 is 6.93. The van der Waals surface area contributed by atoms with Crippen molar-refractivity contribution in [2.75, 3.05) is 6.61 Å². The van der Waals surface area contributed by atoms with Gasteiger partial charge in [-0.1, -0.05) is 0 Å². The number of imide groups is 1. The number of aromatic nitrogens is 1. The smallest absolute Gasteiger partial charge is 0.312 e. The summed E-state index contributed by atoms with van der Waals surface area (Å²) in [5.41, 5.74) is -0.177. The summed E-state index contributed by atoms with van der Waals surface area (Å²) in [6.07, 6.45) is 7.07. The molecule has 4 fully saturated rings. The lowest BCUT2D eigenvalue weighted by atomic mass is 9.49. The highest BCUT2D eigenvalue weighted by Crippen LogP contribution is 2.64. The molecule has 0 aliphatic heterocycles. The maximum Gasteiger partial charge on any atom is 0.312 e. The fraction of sp³-hybridized carbons (Fsp3) is 0.632. The van der Waals surface area contributed by atoms with E-state index in [4.69, 9.17) is 16.3 Å². The number of ether oxygens (including phenoxy) is 1. The normalized spacial score (nSPS) is 34.5. The van der Waals surface area contributed by atoms with Gasteiger partial charge in [0.25, 0.3) is 11.8 Å². The average molecular weight is 379 g/mol. The summed E-state index contributed by atoms with van der Waals surface area (Å²) in [5, 5.41) is 2.26. The van der Waals surface area contributed by atoms with Gasteiger partial charge in [-0.3, -0.25) is 19.7 Å². The molecule has 1 aromatic rings. The Morgan fingerprint density at radius 2 is 1.96 bits per heavy atom. The second-order valence-electron chi connectivity index (χ2n) is 8.35. The van der Waals surface area contributed by atoms with Gasteiger partial charge in [0, 0.05) is 18.1 Å². The summed E-state index contributed by atoms with van der Waals surface area (Å²) in [6, 6.07) is 3.33. The largest absolute Gasteiger partial charge is 0.455 e. The Morgan fingerprint density at radius 1 is 1.27 bits per heavy atom. The molecule has 140 valence electrons. The molecule has 1 aromatic heterocycles. The van der Waals surface area contributed by atoms with Crippen LogP contribution in [0.5, 0.6) is 0 Å². The number of hydrogen-bond donors (Lipinski definition) is 1. The number of nitrogens with zero attached hydrogens (tertiary/aromatic N) is 1. The van der Waals surface area contributed by atoms with E-state index in [0.29, 0.717) is 24.0 Å². The summed E-state index contributed by atoms with van der Waals surface area (Å²) in [5.74, 6) is -0.496. The van der Waals surface area contributed by atoms with Crippen LogP contribution >= 0.6 is 11.6 Å². The first-order valence-electron chi connectivity index (χ1n) is 9.10. The number of rotatable bonds is 4. The van der Waals surface area contributed by atoms with Crippen molar-refractivity contribution in [2.24, 2.45) is 24.3 Å². The first kappa shape index (κ1) is 17.6. The molecular weight excluding hydrogens is 356 g/mol. The molecule has 0 aromatic carbocycles. The molecule has 0 saturated heterocycles. The number of alkyl halides is 1. The van der Waals surface area contributed by atoms with Crippen molar-refractivity contribution in [1.29, 1.82) is 0 Å². The van der Waals surface area contributed by atoms with E-state index < -0.39 is 23.8 Å². The van der Waals surface area contributed by atoms with Gasteiger partial charge in [-0.15, -0.1) is 11.6 Å². The standard InChI is InChI=1S/C19H23ClN2O4/c1-22-4-2-3-14(22)16(24)21-15(23)10-26-17(25)18-6-12-5-13(7-18)9-19(20,8-12)11-18/h2-4,12-13H,5-11H2,1H3,(H,21,23,24)/t12-,13-,18?,19?/m1/s1. The average Bonchev–Trinajstić information content (AvgIpc) is 2.96. The molecule has 2 atom stereocenters. The highest BCUT2D eigenvalue weighted by Gasteiger charge is 2.60. The van der Waals surface area contributed by atoms with E-state index in [-0.39, 0.29) is 10.8 Å². The van der Waals surface area contributed by atoms with Crippen LogP contribution in [0.25, 0.3) is 0 Å². The Morgan fingerprint density at radius 3 is 2.54 bits per heavy atom. The molecule has 4 bridgehead atoms. The molecule has 1 heterocycles. The SMILES string of the molecule is Cn1cccc1C(=O)NC(=O)COC(=O)C12C[C@H]3C[C@@H](CC(Cl)(C3)C1)C2. The van der Waals surface area contributed by atoms with Crippen molar-refractivity contribution in [1.82, 2.24) is 9.88 Å². The minimum absolute atomic E-state index is 0.284. The van der Waals surface area contributed by atoms with Crippen LogP contribution in [0.3, 0.4) is 0 Å². The number of hydrogen-bond acceptors (Lipinski definition) is 4. The molecule has 0 unspecified atom stereocenters. The van der Waals surface area contributed by atoms with Gasteiger partial charge in [0.15, 0.2) is 6.61 Å². The molecule has 4 saturated carbocycles. The van der Waals surface area contributed by atoms with Gasteiger partial charge in [0.2, 0.25) is 0 Å². The van der Waals surface area contributed by atoms with Crippen molar-refractivity contribution < 1.29 is 19.1 Å². The summed E-state index contributed by atoms with van der Waals surface area (Å²) in [4.78, 5) is 36.5. The van der Waals surface area contributed by atoms with Gasteiger partial charge >= 0.3 is 5.97 Å². The molecule has 26 heavy (non-hydrogen) atoms. The van der Waals surface area contributed by atoms with Crippen molar-refractivity contribution in [2.45, 2.75) is 43.4 Å². The van der Waals surface area contributed by atoms with E-state index in [1.165, 1.54) is 0 Å². The zero-order valence-corrected chi connectivity index (χ0v) is 15.6. The van der Waals surface area contributed by atoms with Crippen molar-refractivity contribution in [3.63, 3.8) is 0 Å². The van der Waals surface area contributed by atoms with E-state index in [1.54, 1.807) is 29.9 Å². The number of carbonyl (C=O) groups is 3. The van der Waals surface area contributed by atoms with E-state index in [1.807, 2.05) is 0 Å². The van der Waals surface area contributed by atoms with E-state index in [2.05, 4.69) is 5.32 Å². The number of carbonyl (C=O) groups excluding carboxylic acids is 3. The van der Waals surface area contributed by atoms with Crippen LogP contribution in [0, 0.1) is 17.3 Å². The van der Waals surface area contributed by atoms with Crippen LogP contribution in [0.4, 0.5) is 0 Å². The predicted molar refractivity (Wildman–Crippen MR) is 94.5 cm³/mol. The van der Waals surface area contributed by atoms with E-state index >= 15 is 0 Å². The molecule has 0 spiro atoms. The fourth-order valence-corrected chi connectivity index (χ4v) is 6.29. The predicted octanol–water partition coefficient (Wildman–Crippen LogP) is 2.40. The zero-order chi connectivity index (χ0) is 18.5. The lowest BCUT2D eigenvalue weighted by Crippen LogP contribution is -2.56. The fourth-order valence-electron chi connectivity index (χ4n) is 5.60. The monoisotopic (exact) mass is 378 g/mol. The molecule has 7 heteroatoms. The third-order valence-corrected chi connectivity index (χ3v) is 6.63. The van der Waals surface area contributed by atoms with Crippen LogP contribution in [0.15, 0.2) is 18.3 Å². The van der Waals surface area contributed by atoms with Gasteiger partial charge in [0.05, 0.1) is 5.41 Å². The van der Waals surface area contributed by atoms with Gasteiger partial charge in [-0.05, 0) is 62.5 Å². The van der Waals surface area contributed by atoms with Crippen molar-refractivity contribution in [3.05, 3.63) is 24.0 Å². The number of nitrogens with one attached hydrogen (secondary N) is 1. The quantitative estimate of drug-likeness (QED) is 0.644. The third-order valence-electron chi connectivity index (χ3n) is 6.19. The number of amides is 2. The van der Waals surface area contributed by atoms with Crippen LogP contribution in [-0.4, -0.2) is 33.8 Å². The van der Waals surface area contributed by atoms with E-state index in [9.17, 15) is 14.4 Å². The Labute approximate surface area is 157 Å². The molecule has 6 nitrogen and oxygen atoms in total. The van der Waals surface area contributed by atoms with Gasteiger partial charge in [-0.2, -0.15) is 0 Å². The third kappa shape index (κ3) is 3.04.